The van der Waals surface area contributed by atoms with E-state index in [1.54, 1.807) is 4.90 Å². The molecule has 1 aliphatic heterocycles. The van der Waals surface area contributed by atoms with E-state index in [2.05, 4.69) is 24.4 Å². The molecular formula is C20H24N2O2S. The summed E-state index contributed by atoms with van der Waals surface area (Å²) in [4.78, 5) is 27.9. The van der Waals surface area contributed by atoms with Crippen molar-refractivity contribution in [3.05, 3.63) is 52.2 Å². The first-order chi connectivity index (χ1) is 12.2. The molecule has 0 spiro atoms. The Morgan fingerprint density at radius 1 is 1.20 bits per heavy atom. The predicted molar refractivity (Wildman–Crippen MR) is 102 cm³/mol. The predicted octanol–water partition coefficient (Wildman–Crippen LogP) is 4.33. The van der Waals surface area contributed by atoms with E-state index >= 15 is 0 Å². The number of thiophene rings is 1. The largest absolute Gasteiger partial charge is 0.326 e. The van der Waals surface area contributed by atoms with E-state index < -0.39 is 6.04 Å². The monoisotopic (exact) mass is 356 g/mol. The molecule has 132 valence electrons. The number of benzene rings is 1. The highest BCUT2D eigenvalue weighted by Crippen LogP contribution is 2.23. The first kappa shape index (κ1) is 17.7. The summed E-state index contributed by atoms with van der Waals surface area (Å²) in [7, 11) is 0. The minimum Gasteiger partial charge on any atom is -0.326 e. The average molecular weight is 356 g/mol. The fourth-order valence-electron chi connectivity index (χ4n) is 3.26. The number of likely N-dealkylation sites (tertiary alicyclic amines) is 1. The van der Waals surface area contributed by atoms with Crippen molar-refractivity contribution in [2.75, 3.05) is 11.9 Å². The van der Waals surface area contributed by atoms with Crippen LogP contribution < -0.4 is 5.32 Å². The second-order valence-electron chi connectivity index (χ2n) is 6.42. The van der Waals surface area contributed by atoms with E-state index in [1.807, 2.05) is 29.6 Å². The van der Waals surface area contributed by atoms with E-state index in [9.17, 15) is 9.59 Å². The molecule has 3 rings (SSSR count). The summed E-state index contributed by atoms with van der Waals surface area (Å²) in [6.45, 7) is 2.79. The first-order valence-corrected chi connectivity index (χ1v) is 9.81. The number of hydrogen-bond donors (Lipinski definition) is 1. The zero-order valence-corrected chi connectivity index (χ0v) is 15.3. The molecular weight excluding hydrogens is 332 g/mol. The van der Waals surface area contributed by atoms with Crippen molar-refractivity contribution < 1.29 is 9.59 Å². The SMILES string of the molecule is CCCc1ccc(NC(=O)C2CCCCN2C(=O)c2cccs2)cc1. The van der Waals surface area contributed by atoms with Gasteiger partial charge < -0.3 is 10.2 Å². The van der Waals surface area contributed by atoms with Gasteiger partial charge in [-0.3, -0.25) is 9.59 Å². The average Bonchev–Trinajstić information content (AvgIpc) is 3.17. The molecule has 1 fully saturated rings. The summed E-state index contributed by atoms with van der Waals surface area (Å²) in [5, 5.41) is 4.87. The van der Waals surface area contributed by atoms with Crippen molar-refractivity contribution in [1.29, 1.82) is 0 Å². The molecule has 1 unspecified atom stereocenters. The van der Waals surface area contributed by atoms with E-state index in [1.165, 1.54) is 16.9 Å². The van der Waals surface area contributed by atoms with Crippen molar-refractivity contribution in [3.63, 3.8) is 0 Å². The van der Waals surface area contributed by atoms with Crippen LogP contribution in [0.5, 0.6) is 0 Å². The molecule has 5 heteroatoms. The normalized spacial score (nSPS) is 17.3. The van der Waals surface area contributed by atoms with Crippen LogP contribution in [0.15, 0.2) is 41.8 Å². The summed E-state index contributed by atoms with van der Waals surface area (Å²) >= 11 is 1.43. The molecule has 0 bridgehead atoms. The number of carbonyl (C=O) groups excluding carboxylic acids is 2. The molecule has 0 saturated carbocycles. The molecule has 1 N–H and O–H groups in total. The van der Waals surface area contributed by atoms with Crippen LogP contribution in [0.2, 0.25) is 0 Å². The Balaban J connectivity index is 1.69. The smallest absolute Gasteiger partial charge is 0.264 e. The molecule has 2 heterocycles. The lowest BCUT2D eigenvalue weighted by molar-refractivity contribution is -0.121. The van der Waals surface area contributed by atoms with Crippen LogP contribution in [0, 0.1) is 0 Å². The maximum atomic E-state index is 12.8. The van der Waals surface area contributed by atoms with Crippen molar-refractivity contribution >= 4 is 28.8 Å². The maximum Gasteiger partial charge on any atom is 0.264 e. The number of piperidine rings is 1. The summed E-state index contributed by atoms with van der Waals surface area (Å²) < 4.78 is 0. The van der Waals surface area contributed by atoms with Gasteiger partial charge in [-0.2, -0.15) is 0 Å². The number of nitrogens with one attached hydrogen (secondary N) is 1. The summed E-state index contributed by atoms with van der Waals surface area (Å²) in [5.41, 5.74) is 2.06. The number of carbonyl (C=O) groups is 2. The van der Waals surface area contributed by atoms with Gasteiger partial charge in [-0.25, -0.2) is 0 Å². The Morgan fingerprint density at radius 3 is 2.68 bits per heavy atom. The summed E-state index contributed by atoms with van der Waals surface area (Å²) in [6.07, 6.45) is 4.79. The molecule has 1 aromatic carbocycles. The number of aryl methyl sites for hydroxylation is 1. The summed E-state index contributed by atoms with van der Waals surface area (Å²) in [5.74, 6) is -0.124. The zero-order chi connectivity index (χ0) is 17.6. The quantitative estimate of drug-likeness (QED) is 0.867. The lowest BCUT2D eigenvalue weighted by atomic mass is 10.0. The van der Waals surface area contributed by atoms with Gasteiger partial charge in [0.15, 0.2) is 0 Å². The number of hydrogen-bond acceptors (Lipinski definition) is 3. The molecule has 2 amide bonds. The molecule has 1 aliphatic rings. The van der Waals surface area contributed by atoms with Gasteiger partial charge in [-0.1, -0.05) is 31.5 Å². The first-order valence-electron chi connectivity index (χ1n) is 8.93. The maximum absolute atomic E-state index is 12.8. The molecule has 0 radical (unpaired) electrons. The van der Waals surface area contributed by atoms with Gasteiger partial charge in [0.2, 0.25) is 5.91 Å². The highest BCUT2D eigenvalue weighted by atomic mass is 32.1. The minimum absolute atomic E-state index is 0.0341. The van der Waals surface area contributed by atoms with Crippen LogP contribution in [-0.4, -0.2) is 29.3 Å². The second kappa shape index (κ2) is 8.30. The Hall–Kier alpha value is -2.14. The third kappa shape index (κ3) is 4.28. The standard InChI is InChI=1S/C20H24N2O2S/c1-2-6-15-9-11-16(12-10-15)21-19(23)17-7-3-4-13-22(17)20(24)18-8-5-14-25-18/h5,8-12,14,17H,2-4,6-7,13H2,1H3,(H,21,23). The second-order valence-corrected chi connectivity index (χ2v) is 7.37. The van der Waals surface area contributed by atoms with Crippen molar-refractivity contribution in [2.45, 2.75) is 45.1 Å². The van der Waals surface area contributed by atoms with E-state index in [4.69, 9.17) is 0 Å². The van der Waals surface area contributed by atoms with Gasteiger partial charge >= 0.3 is 0 Å². The molecule has 2 aromatic rings. The fourth-order valence-corrected chi connectivity index (χ4v) is 3.94. The zero-order valence-electron chi connectivity index (χ0n) is 14.5. The van der Waals surface area contributed by atoms with Gasteiger partial charge in [0.25, 0.3) is 5.91 Å². The van der Waals surface area contributed by atoms with Gasteiger partial charge in [-0.15, -0.1) is 11.3 Å². The van der Waals surface area contributed by atoms with E-state index in [-0.39, 0.29) is 11.8 Å². The third-order valence-corrected chi connectivity index (χ3v) is 5.42. The molecule has 1 aromatic heterocycles. The lowest BCUT2D eigenvalue weighted by Gasteiger charge is -2.34. The number of nitrogens with zero attached hydrogens (tertiary/aromatic N) is 1. The van der Waals surface area contributed by atoms with E-state index in [0.717, 1.165) is 37.8 Å². The third-order valence-electron chi connectivity index (χ3n) is 4.56. The highest BCUT2D eigenvalue weighted by molar-refractivity contribution is 7.12. The fraction of sp³-hybridized carbons (Fsp3) is 0.400. The van der Waals surface area contributed by atoms with Crippen molar-refractivity contribution in [2.24, 2.45) is 0 Å². The van der Waals surface area contributed by atoms with Crippen LogP contribution in [0.4, 0.5) is 5.69 Å². The Bertz CT molecular complexity index is 710. The van der Waals surface area contributed by atoms with Crippen LogP contribution in [-0.2, 0) is 11.2 Å². The van der Waals surface area contributed by atoms with Gasteiger partial charge in [0.1, 0.15) is 6.04 Å². The van der Waals surface area contributed by atoms with Crippen molar-refractivity contribution in [3.8, 4) is 0 Å². The minimum atomic E-state index is -0.390. The Morgan fingerprint density at radius 2 is 2.00 bits per heavy atom. The summed E-state index contributed by atoms with van der Waals surface area (Å²) in [6, 6.07) is 11.3. The molecule has 1 atom stereocenters. The van der Waals surface area contributed by atoms with Crippen LogP contribution >= 0.6 is 11.3 Å². The highest BCUT2D eigenvalue weighted by Gasteiger charge is 2.33. The Labute approximate surface area is 152 Å². The molecule has 25 heavy (non-hydrogen) atoms. The van der Waals surface area contributed by atoms with Gasteiger partial charge in [0, 0.05) is 12.2 Å². The van der Waals surface area contributed by atoms with Gasteiger partial charge in [-0.05, 0) is 54.8 Å². The van der Waals surface area contributed by atoms with Crippen LogP contribution in [0.1, 0.15) is 47.8 Å². The van der Waals surface area contributed by atoms with Crippen molar-refractivity contribution in [1.82, 2.24) is 4.90 Å². The van der Waals surface area contributed by atoms with Crippen LogP contribution in [0.25, 0.3) is 0 Å². The molecule has 0 aliphatic carbocycles. The Kier molecular flexibility index (Phi) is 5.87. The topological polar surface area (TPSA) is 49.4 Å². The van der Waals surface area contributed by atoms with Gasteiger partial charge in [0.05, 0.1) is 4.88 Å². The van der Waals surface area contributed by atoms with E-state index in [0.29, 0.717) is 11.4 Å². The molecule has 1 saturated heterocycles. The lowest BCUT2D eigenvalue weighted by Crippen LogP contribution is -2.49. The van der Waals surface area contributed by atoms with Crippen LogP contribution in [0.3, 0.4) is 0 Å². The number of anilines is 1. The number of rotatable bonds is 5. The number of amides is 2. The molecule has 4 nitrogen and oxygen atoms in total.